The van der Waals surface area contributed by atoms with E-state index >= 15 is 0 Å². The van der Waals surface area contributed by atoms with Crippen molar-refractivity contribution in [3.05, 3.63) is 23.3 Å². The Morgan fingerprint density at radius 2 is 2.27 bits per heavy atom. The molecule has 82 valence electrons. The Morgan fingerprint density at radius 3 is 2.80 bits per heavy atom. The summed E-state index contributed by atoms with van der Waals surface area (Å²) in [5, 5.41) is 0. The van der Waals surface area contributed by atoms with Crippen LogP contribution in [0.25, 0.3) is 0 Å². The summed E-state index contributed by atoms with van der Waals surface area (Å²) in [5.74, 6) is -1.14. The zero-order valence-electron chi connectivity index (χ0n) is 9.37. The topological polar surface area (TPSA) is 43.4 Å². The summed E-state index contributed by atoms with van der Waals surface area (Å²) in [6.07, 6.45) is 4.91. The molecule has 3 heteroatoms. The van der Waals surface area contributed by atoms with Gasteiger partial charge in [0.1, 0.15) is 5.92 Å². The summed E-state index contributed by atoms with van der Waals surface area (Å²) < 4.78 is 4.65. The van der Waals surface area contributed by atoms with E-state index in [4.69, 9.17) is 0 Å². The molecule has 0 amide bonds. The fourth-order valence-corrected chi connectivity index (χ4v) is 1.85. The SMILES string of the molecule is CC=CCC1=C(C)CC(=O)C1C(=O)OC. The van der Waals surface area contributed by atoms with Crippen molar-refractivity contribution in [2.24, 2.45) is 5.92 Å². The van der Waals surface area contributed by atoms with Gasteiger partial charge in [-0.25, -0.2) is 0 Å². The minimum absolute atomic E-state index is 0.0427. The number of ether oxygens (including phenoxy) is 1. The van der Waals surface area contributed by atoms with Crippen molar-refractivity contribution in [1.29, 1.82) is 0 Å². The molecule has 0 aromatic carbocycles. The highest BCUT2D eigenvalue weighted by atomic mass is 16.5. The number of rotatable bonds is 3. The summed E-state index contributed by atoms with van der Waals surface area (Å²) >= 11 is 0. The Bertz CT molecular complexity index is 337. The van der Waals surface area contributed by atoms with E-state index in [1.165, 1.54) is 7.11 Å². The van der Waals surface area contributed by atoms with Crippen LogP contribution in [0.15, 0.2) is 23.3 Å². The summed E-state index contributed by atoms with van der Waals surface area (Å²) in [6.45, 7) is 3.82. The second kappa shape index (κ2) is 4.91. The maximum absolute atomic E-state index is 11.6. The Hall–Kier alpha value is -1.38. The van der Waals surface area contributed by atoms with Gasteiger partial charge in [0.2, 0.25) is 0 Å². The van der Waals surface area contributed by atoms with Crippen molar-refractivity contribution in [3.63, 3.8) is 0 Å². The van der Waals surface area contributed by atoms with E-state index in [-0.39, 0.29) is 5.78 Å². The van der Waals surface area contributed by atoms with Crippen molar-refractivity contribution in [2.45, 2.75) is 26.7 Å². The van der Waals surface area contributed by atoms with Gasteiger partial charge in [-0.3, -0.25) is 9.59 Å². The molecule has 15 heavy (non-hydrogen) atoms. The summed E-state index contributed by atoms with van der Waals surface area (Å²) in [5.41, 5.74) is 1.92. The molecule has 0 bridgehead atoms. The molecule has 1 aliphatic rings. The molecule has 0 spiro atoms. The van der Waals surface area contributed by atoms with Crippen LogP contribution in [0, 0.1) is 5.92 Å². The number of ketones is 1. The van der Waals surface area contributed by atoms with Crippen LogP contribution in [-0.2, 0) is 14.3 Å². The normalized spacial score (nSPS) is 21.5. The molecule has 1 aliphatic carbocycles. The molecule has 0 aromatic rings. The van der Waals surface area contributed by atoms with Gasteiger partial charge in [0, 0.05) is 6.42 Å². The minimum Gasteiger partial charge on any atom is -0.468 e. The fraction of sp³-hybridized carbons (Fsp3) is 0.500. The van der Waals surface area contributed by atoms with E-state index in [0.717, 1.165) is 11.1 Å². The molecule has 0 saturated heterocycles. The average Bonchev–Trinajstić information content (AvgIpc) is 2.49. The quantitative estimate of drug-likeness (QED) is 0.405. The average molecular weight is 208 g/mol. The van der Waals surface area contributed by atoms with Gasteiger partial charge in [0.05, 0.1) is 7.11 Å². The summed E-state index contributed by atoms with van der Waals surface area (Å²) in [6, 6.07) is 0. The first-order valence-corrected chi connectivity index (χ1v) is 5.02. The maximum atomic E-state index is 11.6. The predicted molar refractivity (Wildman–Crippen MR) is 57.3 cm³/mol. The number of Topliss-reactive ketones (excluding diaryl/α,β-unsaturated/α-hetero) is 1. The molecule has 1 unspecified atom stereocenters. The predicted octanol–water partition coefficient (Wildman–Crippen LogP) is 2.03. The van der Waals surface area contributed by atoms with Gasteiger partial charge in [0.25, 0.3) is 0 Å². The molecular weight excluding hydrogens is 192 g/mol. The van der Waals surface area contributed by atoms with Crippen molar-refractivity contribution in [3.8, 4) is 0 Å². The van der Waals surface area contributed by atoms with Crippen LogP contribution in [0.4, 0.5) is 0 Å². The molecule has 0 saturated carbocycles. The third kappa shape index (κ3) is 2.35. The highest BCUT2D eigenvalue weighted by Gasteiger charge is 2.36. The van der Waals surface area contributed by atoms with Crippen LogP contribution in [0.5, 0.6) is 0 Å². The minimum atomic E-state index is -0.661. The first-order chi connectivity index (χ1) is 7.11. The van der Waals surface area contributed by atoms with Crippen LogP contribution in [-0.4, -0.2) is 18.9 Å². The Kier molecular flexibility index (Phi) is 3.83. The standard InChI is InChI=1S/C12H16O3/c1-4-5-6-9-8(2)7-10(13)11(9)12(14)15-3/h4-5,11H,6-7H2,1-3H3. The number of allylic oxidation sites excluding steroid dienone is 3. The molecule has 0 radical (unpaired) electrons. The van der Waals surface area contributed by atoms with Gasteiger partial charge in [-0.2, -0.15) is 0 Å². The molecular formula is C12H16O3. The number of esters is 1. The van der Waals surface area contributed by atoms with Gasteiger partial charge < -0.3 is 4.74 Å². The van der Waals surface area contributed by atoms with Crippen LogP contribution >= 0.6 is 0 Å². The van der Waals surface area contributed by atoms with Gasteiger partial charge in [-0.15, -0.1) is 0 Å². The van der Waals surface area contributed by atoms with Gasteiger partial charge in [-0.05, 0) is 25.8 Å². The maximum Gasteiger partial charge on any atom is 0.320 e. The molecule has 0 N–H and O–H groups in total. The van der Waals surface area contributed by atoms with Crippen LogP contribution < -0.4 is 0 Å². The first-order valence-electron chi connectivity index (χ1n) is 5.02. The highest BCUT2D eigenvalue weighted by molar-refractivity contribution is 6.05. The number of carbonyl (C=O) groups is 2. The van der Waals surface area contributed by atoms with Crippen LogP contribution in [0.3, 0.4) is 0 Å². The van der Waals surface area contributed by atoms with Crippen LogP contribution in [0.2, 0.25) is 0 Å². The smallest absolute Gasteiger partial charge is 0.320 e. The number of hydrogen-bond acceptors (Lipinski definition) is 3. The van der Waals surface area contributed by atoms with Crippen molar-refractivity contribution < 1.29 is 14.3 Å². The van der Waals surface area contributed by atoms with E-state index in [0.29, 0.717) is 12.8 Å². The zero-order valence-corrected chi connectivity index (χ0v) is 9.37. The van der Waals surface area contributed by atoms with Gasteiger partial charge in [-0.1, -0.05) is 17.7 Å². The number of hydrogen-bond donors (Lipinski definition) is 0. The van der Waals surface area contributed by atoms with E-state index in [1.807, 2.05) is 26.0 Å². The lowest BCUT2D eigenvalue weighted by Gasteiger charge is -2.10. The Balaban J connectivity index is 2.92. The van der Waals surface area contributed by atoms with Crippen molar-refractivity contribution in [1.82, 2.24) is 0 Å². The largest absolute Gasteiger partial charge is 0.468 e. The fourth-order valence-electron chi connectivity index (χ4n) is 1.85. The Morgan fingerprint density at radius 1 is 1.60 bits per heavy atom. The molecule has 3 nitrogen and oxygen atoms in total. The lowest BCUT2D eigenvalue weighted by Crippen LogP contribution is -2.22. The number of methoxy groups -OCH3 is 1. The van der Waals surface area contributed by atoms with E-state index < -0.39 is 11.9 Å². The second-order valence-electron chi connectivity index (χ2n) is 3.68. The lowest BCUT2D eigenvalue weighted by atomic mass is 9.97. The first kappa shape index (κ1) is 11.7. The van der Waals surface area contributed by atoms with Gasteiger partial charge in [0.15, 0.2) is 5.78 Å². The summed E-state index contributed by atoms with van der Waals surface area (Å²) in [4.78, 5) is 23.0. The zero-order chi connectivity index (χ0) is 11.4. The van der Waals surface area contributed by atoms with Crippen LogP contribution in [0.1, 0.15) is 26.7 Å². The van der Waals surface area contributed by atoms with Gasteiger partial charge >= 0.3 is 5.97 Å². The number of carbonyl (C=O) groups excluding carboxylic acids is 2. The second-order valence-corrected chi connectivity index (χ2v) is 3.68. The molecule has 0 aliphatic heterocycles. The van der Waals surface area contributed by atoms with E-state index in [9.17, 15) is 9.59 Å². The monoisotopic (exact) mass is 208 g/mol. The third-order valence-electron chi connectivity index (χ3n) is 2.67. The molecule has 1 rings (SSSR count). The van der Waals surface area contributed by atoms with E-state index in [2.05, 4.69) is 4.74 Å². The van der Waals surface area contributed by atoms with E-state index in [1.54, 1.807) is 0 Å². The lowest BCUT2D eigenvalue weighted by molar-refractivity contribution is -0.147. The summed E-state index contributed by atoms with van der Waals surface area (Å²) in [7, 11) is 1.32. The molecule has 0 aromatic heterocycles. The van der Waals surface area contributed by atoms with Crippen molar-refractivity contribution in [2.75, 3.05) is 7.11 Å². The van der Waals surface area contributed by atoms with Crippen molar-refractivity contribution >= 4 is 11.8 Å². The Labute approximate surface area is 89.8 Å². The third-order valence-corrected chi connectivity index (χ3v) is 2.67. The molecule has 0 fully saturated rings. The highest BCUT2D eigenvalue weighted by Crippen LogP contribution is 2.32. The molecule has 1 atom stereocenters. The molecule has 0 heterocycles.